The third-order valence-electron chi connectivity index (χ3n) is 3.31. The Hall–Kier alpha value is 0.140. The number of halogens is 1. The minimum absolute atomic E-state index is 0.625. The average molecular weight is 318 g/mol. The van der Waals surface area contributed by atoms with Gasteiger partial charge in [-0.3, -0.25) is 0 Å². The van der Waals surface area contributed by atoms with Gasteiger partial charge in [0.2, 0.25) is 0 Å². The molecular formula is C14H24BrNS. The molecule has 0 saturated carbocycles. The summed E-state index contributed by atoms with van der Waals surface area (Å²) in [4.78, 5) is 1.48. The Morgan fingerprint density at radius 3 is 2.29 bits per heavy atom. The average Bonchev–Trinajstić information content (AvgIpc) is 2.72. The Bertz CT molecular complexity index is 305. The Labute approximate surface area is 118 Å². The predicted molar refractivity (Wildman–Crippen MR) is 81.9 cm³/mol. The highest BCUT2D eigenvalue weighted by Crippen LogP contribution is 2.26. The van der Waals surface area contributed by atoms with E-state index in [1.54, 1.807) is 0 Å². The predicted octanol–water partition coefficient (Wildman–Crippen LogP) is 4.86. The van der Waals surface area contributed by atoms with Crippen LogP contribution in [0.25, 0.3) is 0 Å². The van der Waals surface area contributed by atoms with E-state index in [2.05, 4.69) is 54.3 Å². The standard InChI is InChI=1S/C14H24BrNS/c1-4-6-11(7-5-2)13(16-3)10-12-8-9-14(15)17-12/h8-9,11,13,16H,4-7,10H2,1-3H3. The molecule has 0 saturated heterocycles. The van der Waals surface area contributed by atoms with E-state index >= 15 is 0 Å². The first-order valence-electron chi connectivity index (χ1n) is 6.62. The fourth-order valence-electron chi connectivity index (χ4n) is 2.47. The number of thiophene rings is 1. The van der Waals surface area contributed by atoms with Crippen molar-refractivity contribution in [3.05, 3.63) is 20.8 Å². The second-order valence-corrected chi connectivity index (χ2v) is 7.19. The van der Waals surface area contributed by atoms with E-state index in [0.29, 0.717) is 6.04 Å². The van der Waals surface area contributed by atoms with Crippen LogP contribution >= 0.6 is 27.3 Å². The monoisotopic (exact) mass is 317 g/mol. The maximum absolute atomic E-state index is 3.54. The molecule has 3 heteroatoms. The molecule has 1 aromatic heterocycles. The van der Waals surface area contributed by atoms with Crippen LogP contribution in [0.5, 0.6) is 0 Å². The molecule has 1 unspecified atom stereocenters. The summed E-state index contributed by atoms with van der Waals surface area (Å²) in [6.45, 7) is 4.58. The van der Waals surface area contributed by atoms with Crippen LogP contribution in [0.1, 0.15) is 44.4 Å². The Balaban J connectivity index is 2.61. The van der Waals surface area contributed by atoms with Gasteiger partial charge < -0.3 is 5.32 Å². The van der Waals surface area contributed by atoms with E-state index in [1.165, 1.54) is 34.3 Å². The van der Waals surface area contributed by atoms with Gasteiger partial charge in [-0.15, -0.1) is 11.3 Å². The van der Waals surface area contributed by atoms with Crippen molar-refractivity contribution in [2.24, 2.45) is 5.92 Å². The fraction of sp³-hybridized carbons (Fsp3) is 0.714. The van der Waals surface area contributed by atoms with Gasteiger partial charge in [-0.1, -0.05) is 26.7 Å². The number of nitrogens with one attached hydrogen (secondary N) is 1. The first-order chi connectivity index (χ1) is 8.21. The first-order valence-corrected chi connectivity index (χ1v) is 8.23. The molecule has 1 nitrogen and oxygen atoms in total. The number of likely N-dealkylation sites (N-methyl/N-ethyl adjacent to an activating group) is 1. The molecule has 0 amide bonds. The van der Waals surface area contributed by atoms with Crippen LogP contribution < -0.4 is 5.32 Å². The SMILES string of the molecule is CCCC(CCC)C(Cc1ccc(Br)s1)NC. The summed E-state index contributed by atoms with van der Waals surface area (Å²) in [5.41, 5.74) is 0. The molecule has 1 heterocycles. The second kappa shape index (κ2) is 8.28. The molecule has 0 aromatic carbocycles. The number of hydrogen-bond donors (Lipinski definition) is 1. The third kappa shape index (κ3) is 5.11. The number of hydrogen-bond acceptors (Lipinski definition) is 2. The van der Waals surface area contributed by atoms with Crippen LogP contribution in [0.3, 0.4) is 0 Å². The van der Waals surface area contributed by atoms with Gasteiger partial charge in [0.1, 0.15) is 0 Å². The molecule has 17 heavy (non-hydrogen) atoms. The van der Waals surface area contributed by atoms with Gasteiger partial charge in [-0.25, -0.2) is 0 Å². The number of rotatable bonds is 8. The van der Waals surface area contributed by atoms with Gasteiger partial charge in [0.25, 0.3) is 0 Å². The quantitative estimate of drug-likeness (QED) is 0.722. The topological polar surface area (TPSA) is 12.0 Å². The highest BCUT2D eigenvalue weighted by atomic mass is 79.9. The van der Waals surface area contributed by atoms with Gasteiger partial charge in [0.05, 0.1) is 3.79 Å². The molecule has 0 aliphatic heterocycles. The van der Waals surface area contributed by atoms with Crippen molar-refractivity contribution in [3.63, 3.8) is 0 Å². The Kier molecular flexibility index (Phi) is 7.40. The lowest BCUT2D eigenvalue weighted by molar-refractivity contribution is 0.324. The summed E-state index contributed by atoms with van der Waals surface area (Å²) >= 11 is 5.40. The van der Waals surface area contributed by atoms with E-state index in [0.717, 1.165) is 12.3 Å². The summed E-state index contributed by atoms with van der Waals surface area (Å²) in [5, 5.41) is 3.52. The third-order valence-corrected chi connectivity index (χ3v) is 4.95. The maximum Gasteiger partial charge on any atom is 0.0701 e. The van der Waals surface area contributed by atoms with Gasteiger partial charge in [-0.2, -0.15) is 0 Å². The molecule has 1 N–H and O–H groups in total. The van der Waals surface area contributed by atoms with Gasteiger partial charge >= 0.3 is 0 Å². The van der Waals surface area contributed by atoms with Crippen molar-refractivity contribution >= 4 is 27.3 Å². The highest BCUT2D eigenvalue weighted by molar-refractivity contribution is 9.11. The van der Waals surface area contributed by atoms with Gasteiger partial charge in [-0.05, 0) is 60.3 Å². The van der Waals surface area contributed by atoms with Crippen LogP contribution in [0.15, 0.2) is 15.9 Å². The smallest absolute Gasteiger partial charge is 0.0701 e. The lowest BCUT2D eigenvalue weighted by atomic mass is 9.88. The van der Waals surface area contributed by atoms with Gasteiger partial charge in [0.15, 0.2) is 0 Å². The van der Waals surface area contributed by atoms with E-state index < -0.39 is 0 Å². The van der Waals surface area contributed by atoms with E-state index in [9.17, 15) is 0 Å². The summed E-state index contributed by atoms with van der Waals surface area (Å²) in [5.74, 6) is 0.816. The molecular weight excluding hydrogens is 294 g/mol. The minimum Gasteiger partial charge on any atom is -0.316 e. The fourth-order valence-corrected chi connectivity index (χ4v) is 4.01. The molecule has 0 spiro atoms. The van der Waals surface area contributed by atoms with Crippen LogP contribution in [-0.2, 0) is 6.42 Å². The minimum atomic E-state index is 0.625. The maximum atomic E-state index is 3.54. The zero-order chi connectivity index (χ0) is 12.7. The van der Waals surface area contributed by atoms with Crippen LogP contribution in [0.4, 0.5) is 0 Å². The summed E-state index contributed by atoms with van der Waals surface area (Å²) < 4.78 is 1.24. The Morgan fingerprint density at radius 2 is 1.88 bits per heavy atom. The molecule has 0 radical (unpaired) electrons. The molecule has 1 atom stereocenters. The summed E-state index contributed by atoms with van der Waals surface area (Å²) in [6.07, 6.45) is 6.42. The van der Waals surface area contributed by atoms with Crippen molar-refractivity contribution < 1.29 is 0 Å². The van der Waals surface area contributed by atoms with Crippen molar-refractivity contribution in [1.82, 2.24) is 5.32 Å². The summed E-state index contributed by atoms with van der Waals surface area (Å²) in [7, 11) is 2.10. The van der Waals surface area contributed by atoms with Crippen molar-refractivity contribution in [1.29, 1.82) is 0 Å². The molecule has 0 fully saturated rings. The normalized spacial score (nSPS) is 13.2. The molecule has 1 aromatic rings. The van der Waals surface area contributed by atoms with Gasteiger partial charge in [0, 0.05) is 10.9 Å². The van der Waals surface area contributed by atoms with Crippen LogP contribution in [-0.4, -0.2) is 13.1 Å². The zero-order valence-corrected chi connectivity index (χ0v) is 13.5. The first kappa shape index (κ1) is 15.2. The lowest BCUT2D eigenvalue weighted by Crippen LogP contribution is -2.35. The molecule has 0 aliphatic carbocycles. The molecule has 0 bridgehead atoms. The van der Waals surface area contributed by atoms with Crippen LogP contribution in [0, 0.1) is 5.92 Å². The zero-order valence-electron chi connectivity index (χ0n) is 11.1. The second-order valence-electron chi connectivity index (χ2n) is 4.64. The largest absolute Gasteiger partial charge is 0.316 e. The van der Waals surface area contributed by atoms with Crippen molar-refractivity contribution in [2.75, 3.05) is 7.05 Å². The highest BCUT2D eigenvalue weighted by Gasteiger charge is 2.19. The molecule has 0 aliphatic rings. The lowest BCUT2D eigenvalue weighted by Gasteiger charge is -2.26. The molecule has 1 rings (SSSR count). The van der Waals surface area contributed by atoms with Crippen molar-refractivity contribution in [3.8, 4) is 0 Å². The summed E-state index contributed by atoms with van der Waals surface area (Å²) in [6, 6.07) is 5.02. The van der Waals surface area contributed by atoms with E-state index in [4.69, 9.17) is 0 Å². The van der Waals surface area contributed by atoms with E-state index in [1.807, 2.05) is 11.3 Å². The molecule has 98 valence electrons. The Morgan fingerprint density at radius 1 is 1.24 bits per heavy atom. The van der Waals surface area contributed by atoms with Crippen LogP contribution in [0.2, 0.25) is 0 Å². The van der Waals surface area contributed by atoms with E-state index in [-0.39, 0.29) is 0 Å². The van der Waals surface area contributed by atoms with Crippen molar-refractivity contribution in [2.45, 2.75) is 52.0 Å².